The highest BCUT2D eigenvalue weighted by Crippen LogP contribution is 2.24. The summed E-state index contributed by atoms with van der Waals surface area (Å²) in [7, 11) is 1.63. The Hall–Kier alpha value is -1.62. The second-order valence-corrected chi connectivity index (χ2v) is 4.70. The van der Waals surface area contributed by atoms with Gasteiger partial charge in [0, 0.05) is 24.4 Å². The van der Waals surface area contributed by atoms with Gasteiger partial charge in [-0.3, -0.25) is 10.1 Å². The molecule has 1 N–H and O–H groups in total. The highest BCUT2D eigenvalue weighted by atomic mass is 16.6. The van der Waals surface area contributed by atoms with Crippen LogP contribution < -0.4 is 5.32 Å². The smallest absolute Gasteiger partial charge is 0.274 e. The number of hydrogen-bond acceptors (Lipinski definition) is 4. The van der Waals surface area contributed by atoms with E-state index in [-0.39, 0.29) is 16.1 Å². The Bertz CT molecular complexity index is 416. The number of ether oxygens (including phenoxy) is 1. The Morgan fingerprint density at radius 2 is 2.12 bits per heavy atom. The third-order valence-corrected chi connectivity index (χ3v) is 2.39. The van der Waals surface area contributed by atoms with Crippen LogP contribution in [-0.2, 0) is 4.74 Å². The van der Waals surface area contributed by atoms with E-state index in [1.807, 2.05) is 19.9 Å². The molecule has 0 atom stereocenters. The van der Waals surface area contributed by atoms with Gasteiger partial charge in [-0.2, -0.15) is 0 Å². The van der Waals surface area contributed by atoms with Crippen molar-refractivity contribution in [3.05, 3.63) is 33.9 Å². The van der Waals surface area contributed by atoms with E-state index in [1.54, 1.807) is 26.2 Å². The van der Waals surface area contributed by atoms with E-state index in [2.05, 4.69) is 5.32 Å². The number of hydrogen-bond donors (Lipinski definition) is 1. The zero-order chi connectivity index (χ0) is 13.1. The maximum absolute atomic E-state index is 10.8. The molecule has 0 radical (unpaired) electrons. The Morgan fingerprint density at radius 3 is 2.65 bits per heavy atom. The Morgan fingerprint density at radius 1 is 1.47 bits per heavy atom. The van der Waals surface area contributed by atoms with Crippen LogP contribution in [0.4, 0.5) is 11.4 Å². The molecule has 1 aromatic carbocycles. The van der Waals surface area contributed by atoms with Gasteiger partial charge in [0.15, 0.2) is 0 Å². The van der Waals surface area contributed by atoms with Gasteiger partial charge in [0.2, 0.25) is 0 Å². The van der Waals surface area contributed by atoms with E-state index in [9.17, 15) is 10.1 Å². The molecule has 0 aliphatic rings. The van der Waals surface area contributed by atoms with Crippen LogP contribution in [0.15, 0.2) is 18.2 Å². The molecule has 17 heavy (non-hydrogen) atoms. The Balaban J connectivity index is 2.93. The summed E-state index contributed by atoms with van der Waals surface area (Å²) in [4.78, 5) is 10.4. The predicted molar refractivity (Wildman–Crippen MR) is 67.4 cm³/mol. The van der Waals surface area contributed by atoms with Crippen LogP contribution in [0, 0.1) is 17.0 Å². The summed E-state index contributed by atoms with van der Waals surface area (Å²) in [5, 5.41) is 14.0. The standard InChI is InChI=1S/C12H18N2O3/c1-9-5-6-10(7-11(9)14(15)16)13-12(2,3)8-17-4/h5-7,13H,8H2,1-4H3. The summed E-state index contributed by atoms with van der Waals surface area (Å²) in [6.45, 7) is 6.20. The van der Waals surface area contributed by atoms with Gasteiger partial charge < -0.3 is 10.1 Å². The summed E-state index contributed by atoms with van der Waals surface area (Å²) in [5.41, 5.74) is 1.25. The van der Waals surface area contributed by atoms with Crippen molar-refractivity contribution in [2.75, 3.05) is 19.0 Å². The average Bonchev–Trinajstić information content (AvgIpc) is 2.20. The van der Waals surface area contributed by atoms with Gasteiger partial charge in [0.05, 0.1) is 17.1 Å². The predicted octanol–water partition coefficient (Wildman–Crippen LogP) is 2.74. The fourth-order valence-corrected chi connectivity index (χ4v) is 1.67. The number of anilines is 1. The number of methoxy groups -OCH3 is 1. The van der Waals surface area contributed by atoms with Crippen LogP contribution in [0.25, 0.3) is 0 Å². The number of nitrogens with one attached hydrogen (secondary N) is 1. The van der Waals surface area contributed by atoms with Gasteiger partial charge in [-0.05, 0) is 26.8 Å². The van der Waals surface area contributed by atoms with Crippen molar-refractivity contribution < 1.29 is 9.66 Å². The van der Waals surface area contributed by atoms with Crippen LogP contribution in [0.1, 0.15) is 19.4 Å². The van der Waals surface area contributed by atoms with E-state index >= 15 is 0 Å². The molecule has 0 saturated heterocycles. The molecule has 1 aromatic rings. The molecule has 0 spiro atoms. The SMILES string of the molecule is COCC(C)(C)Nc1ccc(C)c([N+](=O)[O-])c1. The topological polar surface area (TPSA) is 64.4 Å². The first-order valence-corrected chi connectivity index (χ1v) is 5.38. The lowest BCUT2D eigenvalue weighted by molar-refractivity contribution is -0.385. The number of nitro benzene ring substituents is 1. The number of benzene rings is 1. The molecular weight excluding hydrogens is 220 g/mol. The fourth-order valence-electron chi connectivity index (χ4n) is 1.67. The molecule has 0 aliphatic heterocycles. The highest BCUT2D eigenvalue weighted by Gasteiger charge is 2.19. The van der Waals surface area contributed by atoms with Crippen LogP contribution in [0.3, 0.4) is 0 Å². The number of nitrogens with zero attached hydrogens (tertiary/aromatic N) is 1. The average molecular weight is 238 g/mol. The van der Waals surface area contributed by atoms with Gasteiger partial charge >= 0.3 is 0 Å². The first-order chi connectivity index (χ1) is 7.85. The molecule has 5 heteroatoms. The van der Waals surface area contributed by atoms with E-state index in [1.165, 1.54) is 0 Å². The Labute approximate surface area is 101 Å². The maximum Gasteiger partial charge on any atom is 0.274 e. The van der Waals surface area contributed by atoms with Crippen molar-refractivity contribution in [1.82, 2.24) is 0 Å². The van der Waals surface area contributed by atoms with Crippen LogP contribution in [0.2, 0.25) is 0 Å². The van der Waals surface area contributed by atoms with E-state index in [4.69, 9.17) is 4.74 Å². The summed E-state index contributed by atoms with van der Waals surface area (Å²) in [5.74, 6) is 0. The summed E-state index contributed by atoms with van der Waals surface area (Å²) in [6.07, 6.45) is 0. The lowest BCUT2D eigenvalue weighted by atomic mass is 10.1. The number of aryl methyl sites for hydroxylation is 1. The molecule has 0 heterocycles. The third kappa shape index (κ3) is 3.71. The lowest BCUT2D eigenvalue weighted by Crippen LogP contribution is -2.35. The third-order valence-electron chi connectivity index (χ3n) is 2.39. The van der Waals surface area contributed by atoms with Gasteiger partial charge in [0.25, 0.3) is 5.69 Å². The van der Waals surface area contributed by atoms with Crippen LogP contribution in [0.5, 0.6) is 0 Å². The van der Waals surface area contributed by atoms with Gasteiger partial charge in [-0.15, -0.1) is 0 Å². The summed E-state index contributed by atoms with van der Waals surface area (Å²) >= 11 is 0. The van der Waals surface area contributed by atoms with Crippen molar-refractivity contribution in [2.45, 2.75) is 26.3 Å². The molecule has 0 aliphatic carbocycles. The first kappa shape index (κ1) is 13.4. The molecule has 1 rings (SSSR count). The molecule has 0 unspecified atom stereocenters. The molecule has 0 bridgehead atoms. The zero-order valence-corrected chi connectivity index (χ0v) is 10.6. The van der Waals surface area contributed by atoms with Crippen molar-refractivity contribution in [1.29, 1.82) is 0 Å². The van der Waals surface area contributed by atoms with Crippen molar-refractivity contribution in [3.63, 3.8) is 0 Å². The Kier molecular flexibility index (Phi) is 4.07. The molecule has 0 aromatic heterocycles. The largest absolute Gasteiger partial charge is 0.382 e. The number of nitro groups is 1. The van der Waals surface area contributed by atoms with E-state index < -0.39 is 0 Å². The molecule has 5 nitrogen and oxygen atoms in total. The highest BCUT2D eigenvalue weighted by molar-refractivity contribution is 5.55. The maximum atomic E-state index is 10.8. The second kappa shape index (κ2) is 5.14. The van der Waals surface area contributed by atoms with Gasteiger partial charge in [0.1, 0.15) is 0 Å². The van der Waals surface area contributed by atoms with E-state index in [0.717, 1.165) is 5.69 Å². The van der Waals surface area contributed by atoms with Crippen molar-refractivity contribution >= 4 is 11.4 Å². The minimum atomic E-state index is -0.371. The van der Waals surface area contributed by atoms with Gasteiger partial charge in [-0.25, -0.2) is 0 Å². The molecule has 0 fully saturated rings. The zero-order valence-electron chi connectivity index (χ0n) is 10.6. The quantitative estimate of drug-likeness (QED) is 0.632. The van der Waals surface area contributed by atoms with Gasteiger partial charge in [-0.1, -0.05) is 6.07 Å². The van der Waals surface area contributed by atoms with Crippen LogP contribution in [-0.4, -0.2) is 24.2 Å². The minimum absolute atomic E-state index is 0.128. The van der Waals surface area contributed by atoms with Crippen molar-refractivity contribution in [2.24, 2.45) is 0 Å². The number of rotatable bonds is 5. The summed E-state index contributed by atoms with van der Waals surface area (Å²) in [6, 6.07) is 5.12. The van der Waals surface area contributed by atoms with E-state index in [0.29, 0.717) is 12.2 Å². The lowest BCUT2D eigenvalue weighted by Gasteiger charge is -2.26. The summed E-state index contributed by atoms with van der Waals surface area (Å²) < 4.78 is 5.08. The molecule has 94 valence electrons. The first-order valence-electron chi connectivity index (χ1n) is 5.38. The molecule has 0 saturated carbocycles. The second-order valence-electron chi connectivity index (χ2n) is 4.70. The fraction of sp³-hybridized carbons (Fsp3) is 0.500. The molecule has 0 amide bonds. The molecular formula is C12H18N2O3. The van der Waals surface area contributed by atoms with Crippen molar-refractivity contribution in [3.8, 4) is 0 Å². The minimum Gasteiger partial charge on any atom is -0.382 e. The van der Waals surface area contributed by atoms with Crippen LogP contribution >= 0.6 is 0 Å². The normalized spacial score (nSPS) is 11.3. The monoisotopic (exact) mass is 238 g/mol.